The molecule has 0 saturated carbocycles. The minimum absolute atomic E-state index is 0.524. The molecular weight excluding hydrogens is 375 g/mol. The second-order valence-electron chi connectivity index (χ2n) is 4.32. The van der Waals surface area contributed by atoms with Crippen LogP contribution in [0.5, 0.6) is 0 Å². The van der Waals surface area contributed by atoms with Crippen LogP contribution < -0.4 is 5.73 Å². The summed E-state index contributed by atoms with van der Waals surface area (Å²) < 4.78 is 6.90. The van der Waals surface area contributed by atoms with Crippen LogP contribution in [-0.4, -0.2) is 4.98 Å². The van der Waals surface area contributed by atoms with E-state index in [9.17, 15) is 0 Å². The van der Waals surface area contributed by atoms with Crippen molar-refractivity contribution in [2.24, 2.45) is 0 Å². The lowest BCUT2D eigenvalue weighted by Crippen LogP contribution is -1.90. The Balaban J connectivity index is 2.26. The number of nitrogen functional groups attached to an aromatic ring is 1. The number of hydrogen-bond donors (Lipinski definition) is 1. The summed E-state index contributed by atoms with van der Waals surface area (Å²) in [7, 11) is 0. The monoisotopic (exact) mass is 384 g/mol. The van der Waals surface area contributed by atoms with Crippen LogP contribution >= 0.6 is 34.2 Å². The molecule has 19 heavy (non-hydrogen) atoms. The third kappa shape index (κ3) is 2.30. The zero-order valence-electron chi connectivity index (χ0n) is 10.1. The molecule has 96 valence electrons. The van der Waals surface area contributed by atoms with Gasteiger partial charge in [-0.15, -0.1) is 0 Å². The van der Waals surface area contributed by atoms with Crippen LogP contribution in [-0.2, 0) is 0 Å². The highest BCUT2D eigenvalue weighted by Crippen LogP contribution is 2.32. The van der Waals surface area contributed by atoms with Gasteiger partial charge in [0.25, 0.3) is 0 Å². The molecule has 0 aliphatic rings. The minimum atomic E-state index is 0.524. The van der Waals surface area contributed by atoms with E-state index in [1.54, 1.807) is 6.07 Å². The predicted molar refractivity (Wildman–Crippen MR) is 86.3 cm³/mol. The number of oxazole rings is 1. The van der Waals surface area contributed by atoms with Crippen molar-refractivity contribution < 1.29 is 4.42 Å². The molecule has 2 aromatic carbocycles. The van der Waals surface area contributed by atoms with Crippen molar-refractivity contribution in [2.45, 2.75) is 6.92 Å². The van der Waals surface area contributed by atoms with Crippen molar-refractivity contribution in [2.75, 3.05) is 5.73 Å². The predicted octanol–water partition coefficient (Wildman–Crippen LogP) is 4.64. The average molecular weight is 385 g/mol. The molecule has 3 rings (SSSR count). The molecule has 2 N–H and O–H groups in total. The standard InChI is InChI=1S/C14H10ClIN2O/c1-7-4-8(15)5-12-13(7)19-14(18-12)10-6-9(16)2-3-11(10)17/h2-6H,17H2,1H3. The SMILES string of the molecule is Cc1cc(Cl)cc2nc(-c3cc(I)ccc3N)oc12. The summed E-state index contributed by atoms with van der Waals surface area (Å²) in [6, 6.07) is 9.41. The van der Waals surface area contributed by atoms with Crippen LogP contribution in [0.3, 0.4) is 0 Å². The van der Waals surface area contributed by atoms with E-state index in [2.05, 4.69) is 27.6 Å². The van der Waals surface area contributed by atoms with Crippen molar-refractivity contribution in [1.29, 1.82) is 0 Å². The van der Waals surface area contributed by atoms with Crippen LogP contribution in [0.4, 0.5) is 5.69 Å². The maximum Gasteiger partial charge on any atom is 0.229 e. The van der Waals surface area contributed by atoms with Crippen molar-refractivity contribution in [3.05, 3.63) is 44.5 Å². The normalized spacial score (nSPS) is 11.1. The van der Waals surface area contributed by atoms with Crippen LogP contribution in [0.2, 0.25) is 5.02 Å². The lowest BCUT2D eigenvalue weighted by molar-refractivity contribution is 0.617. The Morgan fingerprint density at radius 2 is 2.05 bits per heavy atom. The molecule has 0 radical (unpaired) electrons. The lowest BCUT2D eigenvalue weighted by atomic mass is 10.2. The zero-order chi connectivity index (χ0) is 13.6. The first kappa shape index (κ1) is 12.7. The van der Waals surface area contributed by atoms with Crippen LogP contribution in [0.25, 0.3) is 22.6 Å². The van der Waals surface area contributed by atoms with E-state index in [1.807, 2.05) is 31.2 Å². The summed E-state index contributed by atoms with van der Waals surface area (Å²) in [4.78, 5) is 4.47. The van der Waals surface area contributed by atoms with E-state index in [1.165, 1.54) is 0 Å². The first-order valence-electron chi connectivity index (χ1n) is 5.66. The molecule has 0 saturated heterocycles. The van der Waals surface area contributed by atoms with E-state index >= 15 is 0 Å². The second kappa shape index (κ2) is 4.68. The molecule has 0 atom stereocenters. The molecule has 1 heterocycles. The fourth-order valence-corrected chi connectivity index (χ4v) is 2.74. The summed E-state index contributed by atoms with van der Waals surface area (Å²) >= 11 is 8.26. The highest BCUT2D eigenvalue weighted by atomic mass is 127. The summed E-state index contributed by atoms with van der Waals surface area (Å²) in [5.41, 5.74) is 9.89. The number of nitrogens with two attached hydrogens (primary N) is 1. The van der Waals surface area contributed by atoms with E-state index in [0.29, 0.717) is 16.6 Å². The van der Waals surface area contributed by atoms with Gasteiger partial charge in [-0.2, -0.15) is 0 Å². The summed E-state index contributed by atoms with van der Waals surface area (Å²) in [6.45, 7) is 1.95. The van der Waals surface area contributed by atoms with Gasteiger partial charge in [-0.1, -0.05) is 11.6 Å². The Hall–Kier alpha value is -1.27. The van der Waals surface area contributed by atoms with Crippen molar-refractivity contribution in [1.82, 2.24) is 4.98 Å². The van der Waals surface area contributed by atoms with Gasteiger partial charge in [-0.3, -0.25) is 0 Å². The van der Waals surface area contributed by atoms with Gasteiger partial charge in [0.1, 0.15) is 5.52 Å². The molecule has 0 amide bonds. The van der Waals surface area contributed by atoms with Gasteiger partial charge in [-0.25, -0.2) is 4.98 Å². The average Bonchev–Trinajstić information content (AvgIpc) is 2.76. The first-order valence-corrected chi connectivity index (χ1v) is 7.12. The Kier molecular flexibility index (Phi) is 3.14. The van der Waals surface area contributed by atoms with E-state index in [4.69, 9.17) is 21.8 Å². The van der Waals surface area contributed by atoms with Gasteiger partial charge >= 0.3 is 0 Å². The fourth-order valence-electron chi connectivity index (χ4n) is 1.99. The quantitative estimate of drug-likeness (QED) is 0.491. The van der Waals surface area contributed by atoms with E-state index in [-0.39, 0.29) is 0 Å². The summed E-state index contributed by atoms with van der Waals surface area (Å²) in [5, 5.41) is 0.653. The maximum atomic E-state index is 6.03. The third-order valence-electron chi connectivity index (χ3n) is 2.89. The molecule has 0 unspecified atom stereocenters. The molecule has 3 aromatic rings. The molecule has 0 aliphatic carbocycles. The van der Waals surface area contributed by atoms with Gasteiger partial charge in [0.15, 0.2) is 5.58 Å². The van der Waals surface area contributed by atoms with Crippen LogP contribution in [0.15, 0.2) is 34.7 Å². The summed E-state index contributed by atoms with van der Waals surface area (Å²) in [6.07, 6.45) is 0. The van der Waals surface area contributed by atoms with Crippen molar-refractivity contribution in [3.8, 4) is 11.5 Å². The topological polar surface area (TPSA) is 52.0 Å². The van der Waals surface area contributed by atoms with Crippen molar-refractivity contribution in [3.63, 3.8) is 0 Å². The first-order chi connectivity index (χ1) is 9.04. The number of aromatic nitrogens is 1. The largest absolute Gasteiger partial charge is 0.436 e. The number of anilines is 1. The Labute approximate surface area is 128 Å². The minimum Gasteiger partial charge on any atom is -0.436 e. The number of rotatable bonds is 1. The van der Waals surface area contributed by atoms with Crippen molar-refractivity contribution >= 4 is 51.0 Å². The lowest BCUT2D eigenvalue weighted by Gasteiger charge is -2.01. The second-order valence-corrected chi connectivity index (χ2v) is 6.00. The zero-order valence-corrected chi connectivity index (χ0v) is 13.0. The maximum absolute atomic E-state index is 6.03. The Morgan fingerprint density at radius 3 is 2.84 bits per heavy atom. The Bertz CT molecular complexity index is 782. The number of hydrogen-bond acceptors (Lipinski definition) is 3. The number of benzene rings is 2. The third-order valence-corrected chi connectivity index (χ3v) is 3.78. The number of halogens is 2. The number of nitrogens with zero attached hydrogens (tertiary/aromatic N) is 1. The molecular formula is C14H10ClIN2O. The smallest absolute Gasteiger partial charge is 0.229 e. The fraction of sp³-hybridized carbons (Fsp3) is 0.0714. The molecule has 1 aromatic heterocycles. The van der Waals surface area contributed by atoms with Crippen LogP contribution in [0.1, 0.15) is 5.56 Å². The van der Waals surface area contributed by atoms with Crippen LogP contribution in [0, 0.1) is 10.5 Å². The van der Waals surface area contributed by atoms with Gasteiger partial charge in [0.05, 0.1) is 5.56 Å². The van der Waals surface area contributed by atoms with E-state index in [0.717, 1.165) is 25.8 Å². The molecule has 0 bridgehead atoms. The number of fused-ring (bicyclic) bond motifs is 1. The number of aryl methyl sites for hydroxylation is 1. The molecule has 0 spiro atoms. The molecule has 0 fully saturated rings. The van der Waals surface area contributed by atoms with Gasteiger partial charge in [0, 0.05) is 14.3 Å². The molecule has 3 nitrogen and oxygen atoms in total. The van der Waals surface area contributed by atoms with Gasteiger partial charge < -0.3 is 10.2 Å². The molecule has 0 aliphatic heterocycles. The Morgan fingerprint density at radius 1 is 1.26 bits per heavy atom. The molecule has 5 heteroatoms. The van der Waals surface area contributed by atoms with Gasteiger partial charge in [0.2, 0.25) is 5.89 Å². The van der Waals surface area contributed by atoms with E-state index < -0.39 is 0 Å². The highest BCUT2D eigenvalue weighted by molar-refractivity contribution is 14.1. The highest BCUT2D eigenvalue weighted by Gasteiger charge is 2.13. The summed E-state index contributed by atoms with van der Waals surface area (Å²) in [5.74, 6) is 0.524. The van der Waals surface area contributed by atoms with Gasteiger partial charge in [-0.05, 0) is 65.4 Å².